The van der Waals surface area contributed by atoms with Gasteiger partial charge in [-0.25, -0.2) is 4.98 Å². The monoisotopic (exact) mass is 578 g/mol. The van der Waals surface area contributed by atoms with Gasteiger partial charge in [0.15, 0.2) is 0 Å². The van der Waals surface area contributed by atoms with Gasteiger partial charge in [0.1, 0.15) is 23.1 Å². The molecule has 7 rings (SSSR count). The third-order valence-electron chi connectivity index (χ3n) is 8.36. The van der Waals surface area contributed by atoms with Gasteiger partial charge in [-0.3, -0.25) is 0 Å². The number of benzene rings is 4. The van der Waals surface area contributed by atoms with Crippen LogP contribution in [0.2, 0.25) is 0 Å². The minimum absolute atomic E-state index is 0.0231. The van der Waals surface area contributed by atoms with E-state index in [-0.39, 0.29) is 12.5 Å². The Hall–Kier alpha value is -5.04. The van der Waals surface area contributed by atoms with Crippen LogP contribution in [0.3, 0.4) is 0 Å². The second-order valence-corrected chi connectivity index (χ2v) is 12.5. The smallest absolute Gasteiger partial charge is 0.526 e. The maximum atomic E-state index is 6.69. The second kappa shape index (κ2) is 10.6. The number of rotatable bonds is 5. The first-order chi connectivity index (χ1) is 21.2. The largest absolute Gasteiger partial charge is 0.536 e. The van der Waals surface area contributed by atoms with Gasteiger partial charge >= 0.3 is 7.05 Å². The number of pyridine rings is 1. The fourth-order valence-electron chi connectivity index (χ4n) is 6.03. The molecule has 6 nitrogen and oxygen atoms in total. The van der Waals surface area contributed by atoms with Crippen molar-refractivity contribution in [1.82, 2.24) is 9.55 Å². The number of para-hydroxylation sites is 2. The topological polar surface area (TPSA) is 43.4 Å². The molecule has 0 N–H and O–H groups in total. The number of hydrogen-bond donors (Lipinski definition) is 0. The van der Waals surface area contributed by atoms with E-state index in [4.69, 9.17) is 14.4 Å². The number of hydrogen-bond acceptors (Lipinski definition) is 4. The van der Waals surface area contributed by atoms with E-state index in [9.17, 15) is 0 Å². The molecule has 0 aliphatic carbocycles. The average Bonchev–Trinajstić information content (AvgIpc) is 3.54. The zero-order valence-electron chi connectivity index (χ0n) is 26.0. The summed E-state index contributed by atoms with van der Waals surface area (Å²) < 4.78 is 17.3. The maximum absolute atomic E-state index is 6.69. The molecule has 0 saturated carbocycles. The van der Waals surface area contributed by atoms with Crippen LogP contribution < -0.4 is 24.2 Å². The molecule has 4 aromatic carbocycles. The molecule has 3 heterocycles. The molecule has 0 radical (unpaired) electrons. The number of imidazole rings is 1. The standard InChI is InChI=1S/C37H35BN4O2/c1-25-11-9-12-26(2)36(25)38-42(35-21-27(19-20-39-35)37(3,4)5)33-23-30(17-18-34(33)44-38)43-29-14-10-13-28(22-29)41-24-40(6)31-15-7-8-16-32(31)41/h7-23H,1-6H3. The molecule has 1 aliphatic heterocycles. The molecule has 7 heteroatoms. The molecule has 44 heavy (non-hydrogen) atoms. The van der Waals surface area contributed by atoms with Crippen molar-refractivity contribution in [1.29, 1.82) is 0 Å². The lowest BCUT2D eigenvalue weighted by Gasteiger charge is -2.26. The Kier molecular flexibility index (Phi) is 6.69. The first-order valence-corrected chi connectivity index (χ1v) is 15.0. The summed E-state index contributed by atoms with van der Waals surface area (Å²) in [5, 5.41) is 0. The SMILES string of the molecule is Cc1cccc(C)c1B1Oc2ccc(Oc3cccc(-n4[c-][n+](C)c5ccccc54)c3)cc2N1c1cc(C(C)(C)C)ccn1. The Balaban J connectivity index is 1.28. The minimum atomic E-state index is -0.356. The molecule has 0 atom stereocenters. The van der Waals surface area contributed by atoms with Crippen molar-refractivity contribution in [2.75, 3.05) is 4.81 Å². The molecule has 0 bridgehead atoms. The van der Waals surface area contributed by atoms with Gasteiger partial charge in [-0.2, -0.15) is 0 Å². The molecule has 0 saturated heterocycles. The van der Waals surface area contributed by atoms with Crippen LogP contribution in [0.15, 0.2) is 103 Å². The zero-order chi connectivity index (χ0) is 30.6. The predicted molar refractivity (Wildman–Crippen MR) is 177 cm³/mol. The lowest BCUT2D eigenvalue weighted by molar-refractivity contribution is -0.649. The van der Waals surface area contributed by atoms with E-state index in [0.29, 0.717) is 0 Å². The van der Waals surface area contributed by atoms with Crippen LogP contribution in [-0.4, -0.2) is 16.6 Å². The van der Waals surface area contributed by atoms with Gasteiger partial charge in [-0.1, -0.05) is 86.5 Å². The molecular weight excluding hydrogens is 543 g/mol. The highest BCUT2D eigenvalue weighted by molar-refractivity contribution is 6.75. The van der Waals surface area contributed by atoms with Crippen LogP contribution in [0.25, 0.3) is 16.7 Å². The minimum Gasteiger partial charge on any atom is -0.536 e. The highest BCUT2D eigenvalue weighted by Crippen LogP contribution is 2.44. The predicted octanol–water partition coefficient (Wildman–Crippen LogP) is 7.28. The first kappa shape index (κ1) is 27.8. The number of aromatic nitrogens is 3. The molecule has 218 valence electrons. The van der Waals surface area contributed by atoms with E-state index >= 15 is 0 Å². The van der Waals surface area contributed by atoms with Crippen LogP contribution in [0.4, 0.5) is 11.5 Å². The summed E-state index contributed by atoms with van der Waals surface area (Å²) in [5.41, 5.74) is 8.77. The summed E-state index contributed by atoms with van der Waals surface area (Å²) in [5.74, 6) is 3.09. The molecule has 6 aromatic rings. The fourth-order valence-corrected chi connectivity index (χ4v) is 6.03. The summed E-state index contributed by atoms with van der Waals surface area (Å²) in [7, 11) is 1.65. The molecule has 1 aliphatic rings. The summed E-state index contributed by atoms with van der Waals surface area (Å²) in [4.78, 5) is 7.05. The van der Waals surface area contributed by atoms with Crippen LogP contribution in [0.1, 0.15) is 37.5 Å². The van der Waals surface area contributed by atoms with E-state index in [1.54, 1.807) is 0 Å². The molecule has 0 unspecified atom stereocenters. The highest BCUT2D eigenvalue weighted by Gasteiger charge is 2.42. The van der Waals surface area contributed by atoms with E-state index < -0.39 is 0 Å². The van der Waals surface area contributed by atoms with Gasteiger partial charge in [0, 0.05) is 12.3 Å². The van der Waals surface area contributed by atoms with Gasteiger partial charge in [-0.15, -0.1) is 0 Å². The highest BCUT2D eigenvalue weighted by atomic mass is 16.5. The van der Waals surface area contributed by atoms with E-state index in [0.717, 1.165) is 50.9 Å². The summed E-state index contributed by atoms with van der Waals surface area (Å²) in [6.07, 6.45) is 5.30. The zero-order valence-corrected chi connectivity index (χ0v) is 26.0. The average molecular weight is 579 g/mol. The van der Waals surface area contributed by atoms with Gasteiger partial charge in [0.2, 0.25) is 6.33 Å². The molecule has 0 fully saturated rings. The summed E-state index contributed by atoms with van der Waals surface area (Å²) in [6, 6.07) is 33.0. The van der Waals surface area contributed by atoms with Crippen molar-refractivity contribution in [3.05, 3.63) is 126 Å². The number of aryl methyl sites for hydroxylation is 3. The third-order valence-corrected chi connectivity index (χ3v) is 8.36. The van der Waals surface area contributed by atoms with E-state index in [1.165, 1.54) is 16.7 Å². The number of nitrogens with zero attached hydrogens (tertiary/aromatic N) is 4. The Morgan fingerprint density at radius 1 is 0.841 bits per heavy atom. The van der Waals surface area contributed by atoms with E-state index in [1.807, 2.05) is 60.3 Å². The summed E-state index contributed by atoms with van der Waals surface area (Å²) >= 11 is 0. The number of fused-ring (bicyclic) bond motifs is 2. The lowest BCUT2D eigenvalue weighted by Crippen LogP contribution is -2.49. The van der Waals surface area contributed by atoms with Crippen molar-refractivity contribution >= 4 is 35.1 Å². The van der Waals surface area contributed by atoms with Crippen molar-refractivity contribution in [2.45, 2.75) is 40.0 Å². The van der Waals surface area contributed by atoms with Crippen LogP contribution in [-0.2, 0) is 12.5 Å². The fraction of sp³-hybridized carbons (Fsp3) is 0.189. The van der Waals surface area contributed by atoms with Crippen molar-refractivity contribution in [3.63, 3.8) is 0 Å². The van der Waals surface area contributed by atoms with Crippen LogP contribution in [0, 0.1) is 20.2 Å². The molecule has 2 aromatic heterocycles. The van der Waals surface area contributed by atoms with Crippen molar-refractivity contribution in [3.8, 4) is 22.9 Å². The second-order valence-electron chi connectivity index (χ2n) is 12.5. The van der Waals surface area contributed by atoms with Gasteiger partial charge < -0.3 is 23.3 Å². The Morgan fingerprint density at radius 3 is 2.39 bits per heavy atom. The van der Waals surface area contributed by atoms with Gasteiger partial charge in [0.05, 0.1) is 29.5 Å². The quantitative estimate of drug-likeness (QED) is 0.123. The van der Waals surface area contributed by atoms with Gasteiger partial charge in [-0.05, 0) is 66.7 Å². The van der Waals surface area contributed by atoms with Crippen LogP contribution in [0.5, 0.6) is 17.2 Å². The lowest BCUT2D eigenvalue weighted by atomic mass is 9.67. The molecule has 0 spiro atoms. The molecule has 0 amide bonds. The number of ether oxygens (including phenoxy) is 1. The summed E-state index contributed by atoms with van der Waals surface area (Å²) in [6.45, 7) is 10.9. The Morgan fingerprint density at radius 2 is 1.59 bits per heavy atom. The van der Waals surface area contributed by atoms with Gasteiger partial charge in [0.25, 0.3) is 0 Å². The van der Waals surface area contributed by atoms with Crippen LogP contribution >= 0.6 is 0 Å². The Bertz CT molecular complexity index is 2010. The number of anilines is 2. The van der Waals surface area contributed by atoms with Crippen molar-refractivity contribution in [2.24, 2.45) is 7.05 Å². The van der Waals surface area contributed by atoms with Crippen molar-refractivity contribution < 1.29 is 14.0 Å². The maximum Gasteiger partial charge on any atom is 0.526 e. The third kappa shape index (κ3) is 4.88. The normalized spacial score (nSPS) is 12.9. The molecular formula is C37H35BN4O2. The Labute approximate surface area is 259 Å². The first-order valence-electron chi connectivity index (χ1n) is 15.0. The van der Waals surface area contributed by atoms with E-state index in [2.05, 4.69) is 105 Å².